The van der Waals surface area contributed by atoms with Crippen LogP contribution >= 0.6 is 12.9 Å². The number of thiol groups is 1. The number of fused-ring (bicyclic) bond motifs is 2. The maximum Gasteiger partial charge on any atom is 0.309 e. The number of carbonyl (C=O) groups excluding carboxylic acids is 2. The van der Waals surface area contributed by atoms with E-state index in [1.165, 1.54) is 7.11 Å². The van der Waals surface area contributed by atoms with E-state index in [1.54, 1.807) is 0 Å². The number of hydrogen-bond donors (Lipinski definition) is 1. The van der Waals surface area contributed by atoms with E-state index in [9.17, 15) is 9.59 Å². The van der Waals surface area contributed by atoms with Gasteiger partial charge in [-0.15, -0.1) is 0 Å². The van der Waals surface area contributed by atoms with E-state index in [4.69, 9.17) is 18.4 Å². The summed E-state index contributed by atoms with van der Waals surface area (Å²) in [6.45, 7) is 5.68. The molecule has 4 rings (SSSR count). The number of aldehydes is 1. The smallest absolute Gasteiger partial charge is 0.309 e. The lowest BCUT2D eigenvalue weighted by atomic mass is 9.49. The Hall–Kier alpha value is -0.630. The molecule has 164 valence electrons. The van der Waals surface area contributed by atoms with Crippen molar-refractivity contribution in [2.24, 2.45) is 34.5 Å². The second-order valence-corrected chi connectivity index (χ2v) is 10.2. The molecular formula is C22H34O6S. The minimum Gasteiger partial charge on any atom is -0.469 e. The Morgan fingerprint density at radius 3 is 2.38 bits per heavy atom. The normalized spacial score (nSPS) is 46.4. The van der Waals surface area contributed by atoms with Crippen LogP contribution in [0.5, 0.6) is 0 Å². The summed E-state index contributed by atoms with van der Waals surface area (Å²) in [6.07, 6.45) is 6.96. The van der Waals surface area contributed by atoms with Gasteiger partial charge in [0.2, 0.25) is 0 Å². The van der Waals surface area contributed by atoms with E-state index in [-0.39, 0.29) is 46.6 Å². The standard InChI is InChI=1S/C22H34O6S/c1-20(7-4-14(28-29)12-18(20)19(24)25-3)16-5-8-21(2)17(15(16)13-23)6-9-22(21)26-10-11-27-22/h13-18,29H,4-12H2,1-3H3/t14-,15+,16-,17?,18+,20+,21-/m0/s1. The van der Waals surface area contributed by atoms with Crippen molar-refractivity contribution >= 4 is 25.2 Å². The molecule has 1 spiro atoms. The predicted molar refractivity (Wildman–Crippen MR) is 109 cm³/mol. The molecule has 4 fully saturated rings. The summed E-state index contributed by atoms with van der Waals surface area (Å²) >= 11 is 3.99. The molecule has 3 saturated carbocycles. The van der Waals surface area contributed by atoms with Gasteiger partial charge in [0.05, 0.1) is 32.3 Å². The van der Waals surface area contributed by atoms with Crippen molar-refractivity contribution in [3.63, 3.8) is 0 Å². The van der Waals surface area contributed by atoms with E-state index in [0.717, 1.165) is 44.8 Å². The molecule has 7 atom stereocenters. The average molecular weight is 427 g/mol. The molecule has 0 aromatic heterocycles. The molecule has 0 N–H and O–H groups in total. The number of hydrogen-bond acceptors (Lipinski definition) is 7. The first-order valence-corrected chi connectivity index (χ1v) is 11.3. The molecule has 29 heavy (non-hydrogen) atoms. The Morgan fingerprint density at radius 2 is 1.76 bits per heavy atom. The Balaban J connectivity index is 1.65. The molecule has 0 amide bonds. The van der Waals surface area contributed by atoms with Gasteiger partial charge in [-0.05, 0) is 68.7 Å². The van der Waals surface area contributed by atoms with Crippen LogP contribution in [0.3, 0.4) is 0 Å². The summed E-state index contributed by atoms with van der Waals surface area (Å²) in [5, 5.41) is 0. The fraction of sp³-hybridized carbons (Fsp3) is 0.909. The zero-order chi connectivity index (χ0) is 20.9. The van der Waals surface area contributed by atoms with Crippen LogP contribution < -0.4 is 0 Å². The fourth-order valence-electron chi connectivity index (χ4n) is 7.38. The first-order valence-electron chi connectivity index (χ1n) is 11.0. The minimum atomic E-state index is -0.538. The molecule has 1 aliphatic heterocycles. The van der Waals surface area contributed by atoms with Crippen molar-refractivity contribution in [1.82, 2.24) is 0 Å². The van der Waals surface area contributed by atoms with Crippen LogP contribution in [0.1, 0.15) is 58.8 Å². The second-order valence-electron chi connectivity index (χ2n) is 9.95. The van der Waals surface area contributed by atoms with Crippen LogP contribution in [-0.2, 0) is 28.0 Å². The highest BCUT2D eigenvalue weighted by molar-refractivity contribution is 7.75. The van der Waals surface area contributed by atoms with Gasteiger partial charge in [0.15, 0.2) is 5.79 Å². The molecule has 4 aliphatic rings. The maximum absolute atomic E-state index is 12.7. The number of methoxy groups -OCH3 is 1. The van der Waals surface area contributed by atoms with Gasteiger partial charge in [-0.2, -0.15) is 0 Å². The molecule has 0 aromatic rings. The van der Waals surface area contributed by atoms with Gasteiger partial charge in [0.1, 0.15) is 6.29 Å². The van der Waals surface area contributed by atoms with Crippen molar-refractivity contribution < 1.29 is 28.0 Å². The third-order valence-corrected chi connectivity index (χ3v) is 9.37. The zero-order valence-electron chi connectivity index (χ0n) is 17.7. The Labute approximate surface area is 179 Å². The lowest BCUT2D eigenvalue weighted by Gasteiger charge is -2.56. The van der Waals surface area contributed by atoms with Gasteiger partial charge in [-0.25, -0.2) is 0 Å². The molecule has 0 bridgehead atoms. The van der Waals surface area contributed by atoms with Crippen LogP contribution in [0.25, 0.3) is 0 Å². The minimum absolute atomic E-state index is 0.0610. The highest BCUT2D eigenvalue weighted by Gasteiger charge is 2.67. The van der Waals surface area contributed by atoms with Crippen LogP contribution in [0, 0.1) is 34.5 Å². The molecule has 6 nitrogen and oxygen atoms in total. The quantitative estimate of drug-likeness (QED) is 0.321. The highest BCUT2D eigenvalue weighted by Crippen LogP contribution is 2.66. The van der Waals surface area contributed by atoms with E-state index in [2.05, 4.69) is 26.8 Å². The lowest BCUT2D eigenvalue weighted by Crippen LogP contribution is -2.56. The van der Waals surface area contributed by atoms with E-state index >= 15 is 0 Å². The monoisotopic (exact) mass is 426 g/mol. The van der Waals surface area contributed by atoms with Crippen LogP contribution in [0.4, 0.5) is 0 Å². The first-order chi connectivity index (χ1) is 13.8. The van der Waals surface area contributed by atoms with Gasteiger partial charge >= 0.3 is 5.97 Å². The van der Waals surface area contributed by atoms with E-state index < -0.39 is 5.79 Å². The number of carbonyl (C=O) groups is 2. The van der Waals surface area contributed by atoms with Gasteiger partial charge in [0.25, 0.3) is 0 Å². The van der Waals surface area contributed by atoms with Gasteiger partial charge in [0, 0.05) is 17.8 Å². The SMILES string of the molecule is COC(=O)[C@H]1C[C@@H](OS)CC[C@]1(C)[C@H]1CC[C@@]2(C)C(CCC23OCCO3)[C@@H]1C=O. The fourth-order valence-corrected chi connectivity index (χ4v) is 7.58. The van der Waals surface area contributed by atoms with Crippen LogP contribution in [0.15, 0.2) is 0 Å². The van der Waals surface area contributed by atoms with Crippen molar-refractivity contribution in [1.29, 1.82) is 0 Å². The number of esters is 1. The van der Waals surface area contributed by atoms with Crippen molar-refractivity contribution in [2.45, 2.75) is 70.7 Å². The highest BCUT2D eigenvalue weighted by atomic mass is 32.1. The molecule has 1 unspecified atom stereocenters. The molecule has 1 heterocycles. The molecule has 3 aliphatic carbocycles. The van der Waals surface area contributed by atoms with Crippen molar-refractivity contribution in [3.8, 4) is 0 Å². The summed E-state index contributed by atoms with van der Waals surface area (Å²) in [4.78, 5) is 25.2. The molecule has 0 radical (unpaired) electrons. The van der Waals surface area contributed by atoms with Crippen LogP contribution in [0.2, 0.25) is 0 Å². The summed E-state index contributed by atoms with van der Waals surface area (Å²) in [6, 6.07) is 0. The summed E-state index contributed by atoms with van der Waals surface area (Å²) in [5.41, 5.74) is -0.454. The third-order valence-electron chi connectivity index (χ3n) is 9.07. The second kappa shape index (κ2) is 7.81. The number of rotatable bonds is 4. The molecule has 0 aromatic carbocycles. The topological polar surface area (TPSA) is 71.1 Å². The average Bonchev–Trinajstić information content (AvgIpc) is 3.33. The first kappa shape index (κ1) is 21.6. The predicted octanol–water partition coefficient (Wildman–Crippen LogP) is 3.58. The maximum atomic E-state index is 12.7. The Morgan fingerprint density at radius 1 is 1.07 bits per heavy atom. The third kappa shape index (κ3) is 3.10. The van der Waals surface area contributed by atoms with Gasteiger partial charge in [-0.3, -0.25) is 4.79 Å². The molecule has 1 saturated heterocycles. The lowest BCUT2D eigenvalue weighted by molar-refractivity contribution is -0.242. The summed E-state index contributed by atoms with van der Waals surface area (Å²) in [5.74, 6) is -0.781. The van der Waals surface area contributed by atoms with Crippen molar-refractivity contribution in [2.75, 3.05) is 20.3 Å². The Bertz CT molecular complexity index is 649. The van der Waals surface area contributed by atoms with Gasteiger partial charge in [-0.1, -0.05) is 13.8 Å². The molecular weight excluding hydrogens is 392 g/mol. The largest absolute Gasteiger partial charge is 0.469 e. The summed E-state index contributed by atoms with van der Waals surface area (Å²) < 4.78 is 22.7. The van der Waals surface area contributed by atoms with E-state index in [1.807, 2.05) is 0 Å². The van der Waals surface area contributed by atoms with Gasteiger partial charge < -0.3 is 23.2 Å². The van der Waals surface area contributed by atoms with Crippen molar-refractivity contribution in [3.05, 3.63) is 0 Å². The summed E-state index contributed by atoms with van der Waals surface area (Å²) in [7, 11) is 1.44. The van der Waals surface area contributed by atoms with E-state index in [0.29, 0.717) is 19.6 Å². The molecule has 7 heteroatoms. The zero-order valence-corrected chi connectivity index (χ0v) is 18.6. The Kier molecular flexibility index (Phi) is 5.82. The van der Waals surface area contributed by atoms with Crippen LogP contribution in [-0.4, -0.2) is 44.5 Å². The number of ether oxygens (including phenoxy) is 3.